The van der Waals surface area contributed by atoms with E-state index in [1.807, 2.05) is 6.07 Å². The van der Waals surface area contributed by atoms with E-state index in [-0.39, 0.29) is 18.2 Å². The van der Waals surface area contributed by atoms with Gasteiger partial charge in [-0.1, -0.05) is 26.0 Å². The molecule has 0 aliphatic rings. The van der Waals surface area contributed by atoms with E-state index in [2.05, 4.69) is 5.32 Å². The molecule has 0 saturated carbocycles. The molecule has 0 spiro atoms. The highest BCUT2D eigenvalue weighted by Crippen LogP contribution is 2.31. The molecule has 0 aromatic heterocycles. The first-order valence-corrected chi connectivity index (χ1v) is 6.78. The van der Waals surface area contributed by atoms with Crippen LogP contribution in [0.2, 0.25) is 0 Å². The Kier molecular flexibility index (Phi) is 5.48. The molecule has 21 heavy (non-hydrogen) atoms. The van der Waals surface area contributed by atoms with Gasteiger partial charge in [0.2, 0.25) is 5.91 Å². The fraction of sp³-hybridized carbons (Fsp3) is 0.438. The van der Waals surface area contributed by atoms with E-state index in [9.17, 15) is 14.7 Å². The molecule has 0 fully saturated rings. The van der Waals surface area contributed by atoms with Gasteiger partial charge in [-0.25, -0.2) is 0 Å². The number of anilines is 1. The van der Waals surface area contributed by atoms with Gasteiger partial charge >= 0.3 is 5.97 Å². The third kappa shape index (κ3) is 4.32. The highest BCUT2D eigenvalue weighted by atomic mass is 16.4. The van der Waals surface area contributed by atoms with Crippen LogP contribution in [0.25, 0.3) is 0 Å². The molecule has 5 nitrogen and oxygen atoms in total. The van der Waals surface area contributed by atoms with Crippen LogP contribution in [0.1, 0.15) is 32.8 Å². The lowest BCUT2D eigenvalue weighted by Crippen LogP contribution is -2.37. The quantitative estimate of drug-likeness (QED) is 0.842. The third-order valence-corrected chi connectivity index (χ3v) is 3.81. The zero-order valence-electron chi connectivity index (χ0n) is 12.5. The van der Waals surface area contributed by atoms with Gasteiger partial charge in [-0.15, -0.1) is 0 Å². The van der Waals surface area contributed by atoms with Crippen LogP contribution in [-0.2, 0) is 16.0 Å². The fourth-order valence-electron chi connectivity index (χ4n) is 1.86. The molecule has 112 valence electrons. The number of carbonyl (C=O) groups is 2. The van der Waals surface area contributed by atoms with Crippen LogP contribution >= 0.6 is 0 Å². The molecule has 0 aliphatic heterocycles. The molecule has 1 aromatic carbocycles. The third-order valence-electron chi connectivity index (χ3n) is 3.81. The number of carboxylic acid groups (broad SMARTS) is 1. The minimum Gasteiger partial charge on any atom is -0.481 e. The molecule has 1 atom stereocenters. The molecule has 2 N–H and O–H groups in total. The predicted octanol–water partition coefficient (Wildman–Crippen LogP) is 2.83. The molecular formula is C16H20N2O3. The lowest BCUT2D eigenvalue weighted by atomic mass is 9.76. The first-order valence-electron chi connectivity index (χ1n) is 6.78. The number of aliphatic carboxylic acids is 1. The zero-order chi connectivity index (χ0) is 16.0. The minimum absolute atomic E-state index is 0.0834. The van der Waals surface area contributed by atoms with Gasteiger partial charge in [0.05, 0.1) is 17.9 Å². The number of nitrogens with one attached hydrogen (secondary N) is 1. The summed E-state index contributed by atoms with van der Waals surface area (Å²) in [6.45, 7) is 5.16. The van der Waals surface area contributed by atoms with Crippen molar-refractivity contribution >= 4 is 17.6 Å². The van der Waals surface area contributed by atoms with Gasteiger partial charge < -0.3 is 10.4 Å². The molecular weight excluding hydrogens is 268 g/mol. The van der Waals surface area contributed by atoms with Crippen molar-refractivity contribution in [3.05, 3.63) is 29.8 Å². The molecule has 0 radical (unpaired) electrons. The van der Waals surface area contributed by atoms with E-state index < -0.39 is 11.4 Å². The average Bonchev–Trinajstić information content (AvgIpc) is 2.40. The van der Waals surface area contributed by atoms with Gasteiger partial charge in [-0.05, 0) is 30.5 Å². The monoisotopic (exact) mass is 288 g/mol. The van der Waals surface area contributed by atoms with Gasteiger partial charge in [-0.3, -0.25) is 9.59 Å². The van der Waals surface area contributed by atoms with Crippen LogP contribution in [0.3, 0.4) is 0 Å². The lowest BCUT2D eigenvalue weighted by Gasteiger charge is -2.28. The van der Waals surface area contributed by atoms with Crippen molar-refractivity contribution in [3.63, 3.8) is 0 Å². The largest absolute Gasteiger partial charge is 0.481 e. The van der Waals surface area contributed by atoms with Crippen LogP contribution < -0.4 is 5.32 Å². The maximum atomic E-state index is 12.0. The van der Waals surface area contributed by atoms with Gasteiger partial charge in [-0.2, -0.15) is 5.26 Å². The molecule has 0 heterocycles. The summed E-state index contributed by atoms with van der Waals surface area (Å²) in [7, 11) is 0. The number of nitriles is 1. The van der Waals surface area contributed by atoms with Crippen molar-refractivity contribution in [2.75, 3.05) is 5.32 Å². The lowest BCUT2D eigenvalue weighted by molar-refractivity contribution is -0.153. The standard InChI is InChI=1S/C16H20N2O3/c1-11(2)16(3,15(20)21)10-14(19)18-13-6-4-12(5-7-13)8-9-17/h4-7,11H,8,10H2,1-3H3,(H,18,19)(H,20,21). The maximum absolute atomic E-state index is 12.0. The molecule has 1 rings (SSSR count). The SMILES string of the molecule is CC(C)C(C)(CC(=O)Nc1ccc(CC#N)cc1)C(=O)O. The summed E-state index contributed by atoms with van der Waals surface area (Å²) in [6, 6.07) is 8.98. The normalized spacial score (nSPS) is 13.3. The van der Waals surface area contributed by atoms with E-state index in [1.54, 1.807) is 45.0 Å². The summed E-state index contributed by atoms with van der Waals surface area (Å²) < 4.78 is 0. The Morgan fingerprint density at radius 1 is 1.33 bits per heavy atom. The van der Waals surface area contributed by atoms with Crippen LogP contribution in [0.4, 0.5) is 5.69 Å². The fourth-order valence-corrected chi connectivity index (χ4v) is 1.86. The van der Waals surface area contributed by atoms with E-state index >= 15 is 0 Å². The molecule has 0 aliphatic carbocycles. The van der Waals surface area contributed by atoms with Crippen molar-refractivity contribution in [3.8, 4) is 6.07 Å². The topological polar surface area (TPSA) is 90.2 Å². The zero-order valence-corrected chi connectivity index (χ0v) is 12.5. The highest BCUT2D eigenvalue weighted by Gasteiger charge is 2.38. The number of rotatable bonds is 6. The molecule has 0 saturated heterocycles. The second-order valence-electron chi connectivity index (χ2n) is 5.63. The highest BCUT2D eigenvalue weighted by molar-refractivity contribution is 5.94. The van der Waals surface area contributed by atoms with Crippen molar-refractivity contribution in [2.24, 2.45) is 11.3 Å². The number of carboxylic acids is 1. The molecule has 1 aromatic rings. The van der Waals surface area contributed by atoms with Crippen LogP contribution in [0.5, 0.6) is 0 Å². The van der Waals surface area contributed by atoms with Gasteiger partial charge in [0, 0.05) is 12.1 Å². The van der Waals surface area contributed by atoms with Gasteiger partial charge in [0.15, 0.2) is 0 Å². The average molecular weight is 288 g/mol. The Bertz CT molecular complexity index is 558. The number of hydrogen-bond acceptors (Lipinski definition) is 3. The Balaban J connectivity index is 2.73. The molecule has 1 unspecified atom stereocenters. The summed E-state index contributed by atoms with van der Waals surface area (Å²) in [4.78, 5) is 23.4. The molecule has 0 bridgehead atoms. The number of nitrogens with zero attached hydrogens (tertiary/aromatic N) is 1. The summed E-state index contributed by atoms with van der Waals surface area (Å²) in [5.74, 6) is -1.46. The van der Waals surface area contributed by atoms with Crippen molar-refractivity contribution in [2.45, 2.75) is 33.6 Å². The first-order chi connectivity index (χ1) is 9.79. The van der Waals surface area contributed by atoms with E-state index in [0.29, 0.717) is 12.1 Å². The Labute approximate surface area is 124 Å². The maximum Gasteiger partial charge on any atom is 0.310 e. The van der Waals surface area contributed by atoms with E-state index in [1.165, 1.54) is 0 Å². The first kappa shape index (κ1) is 16.7. The van der Waals surface area contributed by atoms with Crippen LogP contribution in [-0.4, -0.2) is 17.0 Å². The summed E-state index contributed by atoms with van der Waals surface area (Å²) >= 11 is 0. The Morgan fingerprint density at radius 3 is 2.33 bits per heavy atom. The minimum atomic E-state index is -1.09. The molecule has 1 amide bonds. The van der Waals surface area contributed by atoms with Gasteiger partial charge in [0.1, 0.15) is 0 Å². The molecule has 5 heteroatoms. The predicted molar refractivity (Wildman–Crippen MR) is 79.6 cm³/mol. The van der Waals surface area contributed by atoms with E-state index in [4.69, 9.17) is 5.26 Å². The summed E-state index contributed by atoms with van der Waals surface area (Å²) in [5, 5.41) is 20.6. The van der Waals surface area contributed by atoms with E-state index in [0.717, 1.165) is 5.56 Å². The Morgan fingerprint density at radius 2 is 1.90 bits per heavy atom. The second kappa shape index (κ2) is 6.89. The smallest absolute Gasteiger partial charge is 0.310 e. The van der Waals surface area contributed by atoms with Crippen molar-refractivity contribution in [1.82, 2.24) is 0 Å². The van der Waals surface area contributed by atoms with Gasteiger partial charge in [0.25, 0.3) is 0 Å². The number of amides is 1. The van der Waals surface area contributed by atoms with Crippen molar-refractivity contribution < 1.29 is 14.7 Å². The van der Waals surface area contributed by atoms with Crippen LogP contribution in [0, 0.1) is 22.7 Å². The summed E-state index contributed by atoms with van der Waals surface area (Å²) in [5.41, 5.74) is 0.372. The Hall–Kier alpha value is -2.35. The number of benzene rings is 1. The number of carbonyl (C=O) groups excluding carboxylic acids is 1. The van der Waals surface area contributed by atoms with Crippen molar-refractivity contribution in [1.29, 1.82) is 5.26 Å². The summed E-state index contributed by atoms with van der Waals surface area (Å²) in [6.07, 6.45) is 0.235. The second-order valence-corrected chi connectivity index (χ2v) is 5.63. The number of hydrogen-bond donors (Lipinski definition) is 2. The van der Waals surface area contributed by atoms with Crippen LogP contribution in [0.15, 0.2) is 24.3 Å².